The van der Waals surface area contributed by atoms with Gasteiger partial charge in [0.05, 0.1) is 20.3 Å². The van der Waals surface area contributed by atoms with Gasteiger partial charge >= 0.3 is 7.60 Å². The molecule has 1 atom stereocenters. The lowest BCUT2D eigenvalue weighted by molar-refractivity contribution is 0.214. The molecular weight excluding hydrogens is 337 g/mol. The zero-order valence-corrected chi connectivity index (χ0v) is 16.1. The van der Waals surface area contributed by atoms with Gasteiger partial charge in [-0.05, 0) is 31.5 Å². The number of nitrogens with one attached hydrogen (secondary N) is 1. The van der Waals surface area contributed by atoms with Crippen LogP contribution in [0.2, 0.25) is 0 Å². The second kappa shape index (κ2) is 9.04. The molecule has 2 aromatic carbocycles. The second-order valence-electron chi connectivity index (χ2n) is 5.36. The first-order chi connectivity index (χ1) is 12.1. The highest BCUT2D eigenvalue weighted by Gasteiger charge is 2.40. The predicted octanol–water partition coefficient (Wildman–Crippen LogP) is 5.09. The van der Waals surface area contributed by atoms with Gasteiger partial charge in [0.1, 0.15) is 11.4 Å². The highest BCUT2D eigenvalue weighted by atomic mass is 31.2. The molecule has 1 N–H and O–H groups in total. The number of rotatable bonds is 9. The van der Waals surface area contributed by atoms with Crippen molar-refractivity contribution in [3.8, 4) is 5.75 Å². The fraction of sp³-hybridized carbons (Fsp3) is 0.368. The summed E-state index contributed by atoms with van der Waals surface area (Å²) in [4.78, 5) is 0. The summed E-state index contributed by atoms with van der Waals surface area (Å²) in [6.07, 6.45) is 0. The fourth-order valence-corrected chi connectivity index (χ4v) is 5.12. The van der Waals surface area contributed by atoms with Gasteiger partial charge in [0, 0.05) is 18.3 Å². The zero-order valence-electron chi connectivity index (χ0n) is 15.2. The normalized spacial score (nSPS) is 12.6. The SMILES string of the molecule is CCOP(=O)(OCC)C(c1ccccc1NC)c1ccccc1OC. The average Bonchev–Trinajstić information content (AvgIpc) is 2.63. The Hall–Kier alpha value is -1.81. The van der Waals surface area contributed by atoms with Gasteiger partial charge in [0.15, 0.2) is 0 Å². The van der Waals surface area contributed by atoms with E-state index in [0.29, 0.717) is 19.0 Å². The van der Waals surface area contributed by atoms with Crippen LogP contribution in [0.3, 0.4) is 0 Å². The van der Waals surface area contributed by atoms with E-state index in [2.05, 4.69) is 5.32 Å². The Kier molecular flexibility index (Phi) is 7.06. The van der Waals surface area contributed by atoms with Crippen LogP contribution in [-0.2, 0) is 13.6 Å². The van der Waals surface area contributed by atoms with Crippen LogP contribution in [0.15, 0.2) is 48.5 Å². The van der Waals surface area contributed by atoms with Crippen molar-refractivity contribution in [1.82, 2.24) is 0 Å². The first-order valence-electron chi connectivity index (χ1n) is 8.39. The Morgan fingerprint density at radius 3 is 2.08 bits per heavy atom. The summed E-state index contributed by atoms with van der Waals surface area (Å²) >= 11 is 0. The third kappa shape index (κ3) is 4.24. The van der Waals surface area contributed by atoms with Crippen LogP contribution in [0, 0.1) is 0 Å². The molecule has 136 valence electrons. The third-order valence-corrected chi connectivity index (χ3v) is 6.32. The molecule has 0 saturated carbocycles. The van der Waals surface area contributed by atoms with Crippen LogP contribution in [0.1, 0.15) is 30.6 Å². The van der Waals surface area contributed by atoms with Crippen LogP contribution >= 0.6 is 7.60 Å². The summed E-state index contributed by atoms with van der Waals surface area (Å²) in [6, 6.07) is 15.3. The Labute approximate surface area is 149 Å². The van der Waals surface area contributed by atoms with E-state index < -0.39 is 13.3 Å². The van der Waals surface area contributed by atoms with E-state index >= 15 is 0 Å². The minimum Gasteiger partial charge on any atom is -0.496 e. The molecule has 0 aliphatic heterocycles. The maximum atomic E-state index is 13.7. The Balaban J connectivity index is 2.73. The minimum atomic E-state index is -3.47. The van der Waals surface area contributed by atoms with Crippen molar-refractivity contribution < 1.29 is 18.3 Å². The van der Waals surface area contributed by atoms with E-state index in [0.717, 1.165) is 16.8 Å². The molecule has 0 aliphatic rings. The topological polar surface area (TPSA) is 56.8 Å². The van der Waals surface area contributed by atoms with Gasteiger partial charge in [0.2, 0.25) is 0 Å². The zero-order chi connectivity index (χ0) is 18.3. The third-order valence-electron chi connectivity index (χ3n) is 3.89. The van der Waals surface area contributed by atoms with Crippen molar-refractivity contribution in [2.75, 3.05) is 32.7 Å². The summed E-state index contributed by atoms with van der Waals surface area (Å²) in [7, 11) is -0.0325. The maximum Gasteiger partial charge on any atom is 0.342 e. The summed E-state index contributed by atoms with van der Waals surface area (Å²) in [6.45, 7) is 4.22. The van der Waals surface area contributed by atoms with Gasteiger partial charge in [-0.25, -0.2) is 0 Å². The van der Waals surface area contributed by atoms with E-state index in [9.17, 15) is 4.57 Å². The van der Waals surface area contributed by atoms with Gasteiger partial charge in [-0.1, -0.05) is 36.4 Å². The van der Waals surface area contributed by atoms with Crippen LogP contribution in [0.4, 0.5) is 5.69 Å². The van der Waals surface area contributed by atoms with Crippen molar-refractivity contribution in [3.05, 3.63) is 59.7 Å². The number of hydrogen-bond acceptors (Lipinski definition) is 5. The van der Waals surface area contributed by atoms with Crippen LogP contribution in [-0.4, -0.2) is 27.4 Å². The standard InChI is InChI=1S/C19H26NO4P/c1-5-23-25(21,24-6-2)19(15-11-7-9-13-17(15)20-3)16-12-8-10-14-18(16)22-4/h7-14,19-20H,5-6H2,1-4H3. The molecule has 0 spiro atoms. The molecule has 0 aromatic heterocycles. The Morgan fingerprint density at radius 2 is 1.52 bits per heavy atom. The highest BCUT2D eigenvalue weighted by molar-refractivity contribution is 7.54. The molecule has 25 heavy (non-hydrogen) atoms. The molecule has 0 amide bonds. The van der Waals surface area contributed by atoms with Crippen molar-refractivity contribution in [2.45, 2.75) is 19.5 Å². The first kappa shape index (κ1) is 19.5. The minimum absolute atomic E-state index is 0.296. The molecule has 0 fully saturated rings. The van der Waals surface area contributed by atoms with Gasteiger partial charge in [-0.3, -0.25) is 4.57 Å². The summed E-state index contributed by atoms with van der Waals surface area (Å²) in [5, 5.41) is 3.17. The number of hydrogen-bond donors (Lipinski definition) is 1. The van der Waals surface area contributed by atoms with Gasteiger partial charge in [-0.2, -0.15) is 0 Å². The molecule has 0 bridgehead atoms. The van der Waals surface area contributed by atoms with Crippen molar-refractivity contribution in [2.24, 2.45) is 0 Å². The van der Waals surface area contributed by atoms with E-state index in [4.69, 9.17) is 13.8 Å². The molecule has 5 nitrogen and oxygen atoms in total. The summed E-state index contributed by atoms with van der Waals surface area (Å²) in [5.41, 5.74) is 1.91. The summed E-state index contributed by atoms with van der Waals surface area (Å²) in [5.74, 6) is 0.651. The maximum absolute atomic E-state index is 13.7. The monoisotopic (exact) mass is 363 g/mol. The van der Waals surface area contributed by atoms with Gasteiger partial charge in [-0.15, -0.1) is 0 Å². The Morgan fingerprint density at radius 1 is 0.960 bits per heavy atom. The molecule has 6 heteroatoms. The number of methoxy groups -OCH3 is 1. The molecular formula is C19H26NO4P. The van der Waals surface area contributed by atoms with Crippen LogP contribution in [0.5, 0.6) is 5.75 Å². The smallest absolute Gasteiger partial charge is 0.342 e. The highest BCUT2D eigenvalue weighted by Crippen LogP contribution is 2.65. The van der Waals surface area contributed by atoms with Crippen LogP contribution in [0.25, 0.3) is 0 Å². The molecule has 1 unspecified atom stereocenters. The van der Waals surface area contributed by atoms with E-state index in [-0.39, 0.29) is 0 Å². The number of benzene rings is 2. The molecule has 0 saturated heterocycles. The number of para-hydroxylation sites is 2. The lowest BCUT2D eigenvalue weighted by Crippen LogP contribution is -2.11. The number of anilines is 1. The van der Waals surface area contributed by atoms with E-state index in [1.54, 1.807) is 7.11 Å². The quantitative estimate of drug-likeness (QED) is 0.629. The fourth-order valence-electron chi connectivity index (χ4n) is 2.91. The van der Waals surface area contributed by atoms with Crippen molar-refractivity contribution >= 4 is 13.3 Å². The van der Waals surface area contributed by atoms with Crippen molar-refractivity contribution in [1.29, 1.82) is 0 Å². The molecule has 0 aliphatic carbocycles. The van der Waals surface area contributed by atoms with Crippen molar-refractivity contribution in [3.63, 3.8) is 0 Å². The number of ether oxygens (including phenoxy) is 1. The van der Waals surface area contributed by atoms with E-state index in [1.165, 1.54) is 0 Å². The van der Waals surface area contributed by atoms with E-state index in [1.807, 2.05) is 69.4 Å². The lowest BCUT2D eigenvalue weighted by Gasteiger charge is -2.29. The van der Waals surface area contributed by atoms with Gasteiger partial charge in [0.25, 0.3) is 0 Å². The molecule has 2 aromatic rings. The second-order valence-corrected chi connectivity index (χ2v) is 7.47. The largest absolute Gasteiger partial charge is 0.496 e. The summed E-state index contributed by atoms with van der Waals surface area (Å²) < 4.78 is 30.6. The Bertz CT molecular complexity index is 677. The lowest BCUT2D eigenvalue weighted by atomic mass is 10.0. The molecule has 0 heterocycles. The molecule has 2 rings (SSSR count). The predicted molar refractivity (Wildman–Crippen MR) is 102 cm³/mol. The van der Waals surface area contributed by atoms with Gasteiger partial charge < -0.3 is 19.1 Å². The average molecular weight is 363 g/mol. The van der Waals surface area contributed by atoms with Crippen LogP contribution < -0.4 is 10.1 Å². The first-order valence-corrected chi connectivity index (χ1v) is 10.0. The molecule has 0 radical (unpaired) electrons.